The number of rotatable bonds is 5. The van der Waals surface area contributed by atoms with Gasteiger partial charge in [0.2, 0.25) is 0 Å². The summed E-state index contributed by atoms with van der Waals surface area (Å²) >= 11 is 0. The standard InChI is InChI=1S/C44H28N4/c1-3-9-29(10-4-1)32-13-7-15-35(25-32)42-46-43(36-16-8-14-33(26-36)30-11-5-2-6-12-30)48-44(47-42)37-19-20-38-34(27-37)18-22-40-39(38)21-17-31-23-24-45-28-41(31)40/h1-28H. The van der Waals surface area contributed by atoms with Gasteiger partial charge in [0, 0.05) is 34.5 Å². The van der Waals surface area contributed by atoms with Gasteiger partial charge in [-0.15, -0.1) is 0 Å². The average molecular weight is 613 g/mol. The number of fused-ring (bicyclic) bond motifs is 5. The maximum Gasteiger partial charge on any atom is 0.164 e. The maximum absolute atomic E-state index is 5.09. The Morgan fingerprint density at radius 2 is 0.771 bits per heavy atom. The van der Waals surface area contributed by atoms with Crippen LogP contribution in [-0.4, -0.2) is 19.9 Å². The van der Waals surface area contributed by atoms with Crippen LogP contribution in [-0.2, 0) is 0 Å². The normalized spacial score (nSPS) is 11.3. The number of pyridine rings is 1. The lowest BCUT2D eigenvalue weighted by atomic mass is 9.97. The smallest absolute Gasteiger partial charge is 0.164 e. The van der Waals surface area contributed by atoms with Gasteiger partial charge in [0.15, 0.2) is 17.5 Å². The fourth-order valence-corrected chi connectivity index (χ4v) is 6.56. The van der Waals surface area contributed by atoms with E-state index in [4.69, 9.17) is 15.0 Å². The number of benzene rings is 7. The van der Waals surface area contributed by atoms with E-state index in [-0.39, 0.29) is 0 Å². The molecule has 0 N–H and O–H groups in total. The van der Waals surface area contributed by atoms with E-state index in [1.807, 2.05) is 24.5 Å². The van der Waals surface area contributed by atoms with Crippen molar-refractivity contribution in [3.8, 4) is 56.4 Å². The molecule has 0 bridgehead atoms. The third-order valence-electron chi connectivity index (χ3n) is 8.99. The minimum absolute atomic E-state index is 0.634. The Kier molecular flexibility index (Phi) is 6.76. The van der Waals surface area contributed by atoms with Crippen molar-refractivity contribution in [2.24, 2.45) is 0 Å². The molecule has 0 amide bonds. The SMILES string of the molecule is c1ccc(-c2cccc(-c3nc(-c4cccc(-c5ccccc5)c4)nc(-c4ccc5c(ccc6c7cnccc7ccc56)c4)n3)c2)cc1. The fraction of sp³-hybridized carbons (Fsp3) is 0. The Morgan fingerprint density at radius 3 is 1.38 bits per heavy atom. The second-order valence-corrected chi connectivity index (χ2v) is 12.0. The van der Waals surface area contributed by atoms with Gasteiger partial charge in [-0.05, 0) is 73.5 Å². The first-order valence-corrected chi connectivity index (χ1v) is 16.0. The Morgan fingerprint density at radius 1 is 0.292 bits per heavy atom. The van der Waals surface area contributed by atoms with Gasteiger partial charge in [0.05, 0.1) is 0 Å². The minimum atomic E-state index is 0.634. The van der Waals surface area contributed by atoms with Crippen molar-refractivity contribution in [3.05, 3.63) is 170 Å². The van der Waals surface area contributed by atoms with Crippen LogP contribution in [0.2, 0.25) is 0 Å². The van der Waals surface area contributed by atoms with Crippen molar-refractivity contribution in [2.45, 2.75) is 0 Å². The molecule has 2 heterocycles. The van der Waals surface area contributed by atoms with Gasteiger partial charge in [-0.3, -0.25) is 4.98 Å². The van der Waals surface area contributed by atoms with Crippen LogP contribution in [0.5, 0.6) is 0 Å². The van der Waals surface area contributed by atoms with Crippen LogP contribution in [0.25, 0.3) is 88.7 Å². The zero-order chi connectivity index (χ0) is 31.9. The molecule has 9 aromatic rings. The Hall–Kier alpha value is -6.52. The second-order valence-electron chi connectivity index (χ2n) is 12.0. The Bertz CT molecular complexity index is 2510. The molecular weight excluding hydrogens is 585 g/mol. The molecule has 0 aliphatic rings. The van der Waals surface area contributed by atoms with Crippen molar-refractivity contribution in [1.29, 1.82) is 0 Å². The van der Waals surface area contributed by atoms with Gasteiger partial charge in [0.25, 0.3) is 0 Å². The summed E-state index contributed by atoms with van der Waals surface area (Å²) in [6.45, 7) is 0. The van der Waals surface area contributed by atoms with Crippen LogP contribution in [0.4, 0.5) is 0 Å². The van der Waals surface area contributed by atoms with Crippen LogP contribution in [0, 0.1) is 0 Å². The maximum atomic E-state index is 5.09. The van der Waals surface area contributed by atoms with E-state index in [1.54, 1.807) is 0 Å². The largest absolute Gasteiger partial charge is 0.264 e. The summed E-state index contributed by atoms with van der Waals surface area (Å²) < 4.78 is 0. The van der Waals surface area contributed by atoms with Crippen LogP contribution in [0.3, 0.4) is 0 Å². The summed E-state index contributed by atoms with van der Waals surface area (Å²) in [5, 5.41) is 7.05. The van der Waals surface area contributed by atoms with E-state index in [9.17, 15) is 0 Å². The van der Waals surface area contributed by atoms with Gasteiger partial charge >= 0.3 is 0 Å². The predicted molar refractivity (Wildman–Crippen MR) is 197 cm³/mol. The summed E-state index contributed by atoms with van der Waals surface area (Å²) in [6, 6.07) is 54.9. The first-order valence-electron chi connectivity index (χ1n) is 16.0. The first-order chi connectivity index (χ1) is 23.8. The highest BCUT2D eigenvalue weighted by Gasteiger charge is 2.15. The summed E-state index contributed by atoms with van der Waals surface area (Å²) in [6.07, 6.45) is 3.79. The molecule has 0 saturated heterocycles. The highest BCUT2D eigenvalue weighted by Crippen LogP contribution is 2.34. The molecule has 0 aliphatic heterocycles. The van der Waals surface area contributed by atoms with E-state index < -0.39 is 0 Å². The first kappa shape index (κ1) is 27.8. The lowest BCUT2D eigenvalue weighted by molar-refractivity contribution is 1.07. The monoisotopic (exact) mass is 612 g/mol. The number of aromatic nitrogens is 4. The quantitative estimate of drug-likeness (QED) is 0.181. The van der Waals surface area contributed by atoms with Crippen LogP contribution in [0.1, 0.15) is 0 Å². The lowest BCUT2D eigenvalue weighted by Crippen LogP contribution is -2.00. The third kappa shape index (κ3) is 5.06. The molecular formula is C44H28N4. The molecule has 224 valence electrons. The van der Waals surface area contributed by atoms with Crippen molar-refractivity contribution in [2.75, 3.05) is 0 Å². The molecule has 0 radical (unpaired) electrons. The topological polar surface area (TPSA) is 51.6 Å². The molecule has 0 aliphatic carbocycles. The van der Waals surface area contributed by atoms with Gasteiger partial charge in [-0.25, -0.2) is 15.0 Å². The molecule has 48 heavy (non-hydrogen) atoms. The molecule has 0 unspecified atom stereocenters. The summed E-state index contributed by atoms with van der Waals surface area (Å²) in [5.41, 5.74) is 7.34. The van der Waals surface area contributed by atoms with Gasteiger partial charge in [0.1, 0.15) is 0 Å². The highest BCUT2D eigenvalue weighted by atomic mass is 15.0. The van der Waals surface area contributed by atoms with Crippen LogP contribution < -0.4 is 0 Å². The fourth-order valence-electron chi connectivity index (χ4n) is 6.56. The van der Waals surface area contributed by atoms with Crippen molar-refractivity contribution in [3.63, 3.8) is 0 Å². The summed E-state index contributed by atoms with van der Waals surface area (Å²) in [4.78, 5) is 19.6. The molecule has 4 nitrogen and oxygen atoms in total. The van der Waals surface area contributed by atoms with Crippen molar-refractivity contribution in [1.82, 2.24) is 19.9 Å². The molecule has 0 saturated carbocycles. The van der Waals surface area contributed by atoms with Gasteiger partial charge in [-0.2, -0.15) is 0 Å². The molecule has 9 rings (SSSR count). The molecule has 4 heteroatoms. The highest BCUT2D eigenvalue weighted by molar-refractivity contribution is 6.17. The van der Waals surface area contributed by atoms with Gasteiger partial charge in [-0.1, -0.05) is 133 Å². The van der Waals surface area contributed by atoms with Gasteiger partial charge < -0.3 is 0 Å². The van der Waals surface area contributed by atoms with Crippen molar-refractivity contribution >= 4 is 32.3 Å². The zero-order valence-corrected chi connectivity index (χ0v) is 26.0. The number of hydrogen-bond acceptors (Lipinski definition) is 4. The van der Waals surface area contributed by atoms with E-state index in [2.05, 4.69) is 151 Å². The van der Waals surface area contributed by atoms with Crippen LogP contribution >= 0.6 is 0 Å². The molecule has 0 fully saturated rings. The molecule has 7 aromatic carbocycles. The van der Waals surface area contributed by atoms with Crippen molar-refractivity contribution < 1.29 is 0 Å². The Labute approximate surface area is 278 Å². The summed E-state index contributed by atoms with van der Waals surface area (Å²) in [7, 11) is 0. The second kappa shape index (κ2) is 11.7. The van der Waals surface area contributed by atoms with E-state index >= 15 is 0 Å². The molecule has 0 spiro atoms. The van der Waals surface area contributed by atoms with Crippen LogP contribution in [0.15, 0.2) is 170 Å². The zero-order valence-electron chi connectivity index (χ0n) is 26.0. The van der Waals surface area contributed by atoms with E-state index in [1.165, 1.54) is 21.5 Å². The Balaban J connectivity index is 1.21. The number of hydrogen-bond donors (Lipinski definition) is 0. The number of nitrogens with zero attached hydrogens (tertiary/aromatic N) is 4. The average Bonchev–Trinajstić information content (AvgIpc) is 3.18. The van der Waals surface area contributed by atoms with E-state index in [0.29, 0.717) is 17.5 Å². The molecule has 0 atom stereocenters. The summed E-state index contributed by atoms with van der Waals surface area (Å²) in [5.74, 6) is 1.90. The minimum Gasteiger partial charge on any atom is -0.264 e. The third-order valence-corrected chi connectivity index (χ3v) is 8.99. The predicted octanol–water partition coefficient (Wildman–Crippen LogP) is 11.1. The van der Waals surface area contributed by atoms with E-state index in [0.717, 1.165) is 49.7 Å². The lowest BCUT2D eigenvalue weighted by Gasteiger charge is -2.12. The molecule has 2 aromatic heterocycles.